The Hall–Kier alpha value is -1.99. The van der Waals surface area contributed by atoms with Crippen LogP contribution < -0.4 is 10.6 Å². The van der Waals surface area contributed by atoms with Crippen molar-refractivity contribution in [2.24, 2.45) is 11.3 Å². The number of nitrogens with one attached hydrogen (secondary N) is 2. The van der Waals surface area contributed by atoms with Crippen LogP contribution in [-0.2, 0) is 14.3 Å². The molecule has 0 aromatic heterocycles. The van der Waals surface area contributed by atoms with Gasteiger partial charge >= 0.3 is 12.2 Å². The summed E-state index contributed by atoms with van der Waals surface area (Å²) in [5, 5.41) is 6.04. The zero-order valence-corrected chi connectivity index (χ0v) is 19.9. The Morgan fingerprint density at radius 2 is 1.61 bits per heavy atom. The molecule has 1 heterocycles. The summed E-state index contributed by atoms with van der Waals surface area (Å²) in [7, 11) is 0. The topological polar surface area (TPSA) is 97.0 Å². The van der Waals surface area contributed by atoms with Gasteiger partial charge in [0.05, 0.1) is 11.0 Å². The summed E-state index contributed by atoms with van der Waals surface area (Å²) in [5.74, 6) is 0.128. The maximum atomic E-state index is 13.4. The third-order valence-corrected chi connectivity index (χ3v) is 6.43. The van der Waals surface area contributed by atoms with Crippen molar-refractivity contribution in [2.75, 3.05) is 19.6 Å². The smallest absolute Gasteiger partial charge is 0.410 e. The van der Waals surface area contributed by atoms with Crippen molar-refractivity contribution in [3.63, 3.8) is 0 Å². The normalized spacial score (nSPS) is 27.2. The van der Waals surface area contributed by atoms with Crippen molar-refractivity contribution >= 4 is 18.1 Å². The minimum atomic E-state index is -0.572. The van der Waals surface area contributed by atoms with Gasteiger partial charge in [-0.1, -0.05) is 12.8 Å². The lowest BCUT2D eigenvalue weighted by atomic mass is 9.67. The number of carbonyl (C=O) groups excluding carboxylic acids is 3. The number of alkyl carbamates (subject to hydrolysis) is 1. The van der Waals surface area contributed by atoms with E-state index in [1.807, 2.05) is 41.5 Å². The van der Waals surface area contributed by atoms with Crippen molar-refractivity contribution in [3.8, 4) is 0 Å². The number of carbonyl (C=O) groups is 3. The Morgan fingerprint density at radius 3 is 2.19 bits per heavy atom. The lowest BCUT2D eigenvalue weighted by Crippen LogP contribution is -2.53. The molecule has 0 aromatic carbocycles. The molecule has 1 aliphatic heterocycles. The zero-order chi connectivity index (χ0) is 23.1. The first-order valence-electron chi connectivity index (χ1n) is 11.5. The molecule has 2 atom stereocenters. The van der Waals surface area contributed by atoms with Crippen LogP contribution in [0.25, 0.3) is 0 Å². The summed E-state index contributed by atoms with van der Waals surface area (Å²) in [5.41, 5.74) is -2.13. The minimum Gasteiger partial charge on any atom is -0.444 e. The highest BCUT2D eigenvalue weighted by atomic mass is 16.6. The van der Waals surface area contributed by atoms with Crippen LogP contribution in [0.3, 0.4) is 0 Å². The molecule has 0 unspecified atom stereocenters. The average Bonchev–Trinajstić information content (AvgIpc) is 3.24. The number of fused-ring (bicyclic) bond motifs is 1. The van der Waals surface area contributed by atoms with E-state index < -0.39 is 28.2 Å². The Morgan fingerprint density at radius 1 is 0.968 bits per heavy atom. The molecule has 1 saturated heterocycles. The van der Waals surface area contributed by atoms with Gasteiger partial charge in [-0.3, -0.25) is 4.79 Å². The third-order valence-electron chi connectivity index (χ3n) is 6.43. The van der Waals surface area contributed by atoms with Crippen molar-refractivity contribution in [3.05, 3.63) is 0 Å². The van der Waals surface area contributed by atoms with Gasteiger partial charge in [0.1, 0.15) is 11.2 Å². The lowest BCUT2D eigenvalue weighted by Gasteiger charge is -2.37. The zero-order valence-electron chi connectivity index (χ0n) is 19.9. The lowest BCUT2D eigenvalue weighted by molar-refractivity contribution is -0.134. The molecule has 3 amide bonds. The predicted molar refractivity (Wildman–Crippen MR) is 117 cm³/mol. The van der Waals surface area contributed by atoms with Crippen LogP contribution >= 0.6 is 0 Å². The van der Waals surface area contributed by atoms with E-state index in [1.165, 1.54) is 0 Å². The molecule has 2 saturated carbocycles. The van der Waals surface area contributed by atoms with Gasteiger partial charge in [0.25, 0.3) is 0 Å². The summed E-state index contributed by atoms with van der Waals surface area (Å²) in [6.07, 6.45) is 4.59. The third kappa shape index (κ3) is 5.83. The average molecular weight is 438 g/mol. The van der Waals surface area contributed by atoms with Gasteiger partial charge in [-0.15, -0.1) is 0 Å². The number of ether oxygens (including phenoxy) is 2. The Balaban J connectivity index is 1.61. The van der Waals surface area contributed by atoms with E-state index in [1.54, 1.807) is 4.90 Å². The Labute approximate surface area is 185 Å². The first kappa shape index (κ1) is 23.7. The first-order chi connectivity index (χ1) is 14.2. The minimum absolute atomic E-state index is 0.0134. The molecular weight excluding hydrogens is 398 g/mol. The standard InChI is InChI=1S/C23H39N3O5/c1-20(2,3)30-18(28)25-22(11-12-22)14-24-17(27)23-10-8-7-9-16(23)13-26(15-23)19(29)31-21(4,5)6/h16H,7-15H2,1-6H3,(H,24,27)(H,25,28)/t16-,23-/m1/s1. The van der Waals surface area contributed by atoms with Crippen LogP contribution in [0.15, 0.2) is 0 Å². The molecule has 0 radical (unpaired) electrons. The van der Waals surface area contributed by atoms with Crippen LogP contribution in [0.2, 0.25) is 0 Å². The van der Waals surface area contributed by atoms with Crippen molar-refractivity contribution in [1.29, 1.82) is 0 Å². The second-order valence-electron chi connectivity index (χ2n) is 11.5. The van der Waals surface area contributed by atoms with Gasteiger partial charge in [-0.25, -0.2) is 9.59 Å². The molecule has 31 heavy (non-hydrogen) atoms. The molecule has 0 bridgehead atoms. The van der Waals surface area contributed by atoms with E-state index in [2.05, 4.69) is 10.6 Å². The molecule has 0 spiro atoms. The molecule has 3 fully saturated rings. The van der Waals surface area contributed by atoms with Gasteiger partial charge in [-0.05, 0) is 73.1 Å². The predicted octanol–water partition coefficient (Wildman–Crippen LogP) is 3.59. The highest BCUT2D eigenvalue weighted by molar-refractivity contribution is 5.85. The van der Waals surface area contributed by atoms with Crippen molar-refractivity contribution in [1.82, 2.24) is 15.5 Å². The summed E-state index contributed by atoms with van der Waals surface area (Å²) < 4.78 is 10.9. The van der Waals surface area contributed by atoms with E-state index in [-0.39, 0.29) is 17.9 Å². The van der Waals surface area contributed by atoms with Gasteiger partial charge in [-0.2, -0.15) is 0 Å². The number of rotatable bonds is 4. The maximum absolute atomic E-state index is 13.4. The van der Waals surface area contributed by atoms with Gasteiger partial charge in [0.15, 0.2) is 0 Å². The fourth-order valence-corrected chi connectivity index (χ4v) is 4.74. The Bertz CT molecular complexity index is 720. The van der Waals surface area contributed by atoms with Crippen LogP contribution in [-0.4, -0.2) is 59.4 Å². The molecular formula is C23H39N3O5. The molecule has 176 valence electrons. The van der Waals surface area contributed by atoms with E-state index >= 15 is 0 Å². The first-order valence-corrected chi connectivity index (χ1v) is 11.5. The van der Waals surface area contributed by atoms with Gasteiger partial charge in [0.2, 0.25) is 5.91 Å². The highest BCUT2D eigenvalue weighted by Crippen LogP contribution is 2.47. The summed E-state index contributed by atoms with van der Waals surface area (Å²) in [4.78, 5) is 39.9. The quantitative estimate of drug-likeness (QED) is 0.701. The second kappa shape index (κ2) is 8.17. The largest absolute Gasteiger partial charge is 0.444 e. The second-order valence-corrected chi connectivity index (χ2v) is 11.5. The van der Waals surface area contributed by atoms with Gasteiger partial charge < -0.3 is 25.0 Å². The number of nitrogens with zero attached hydrogens (tertiary/aromatic N) is 1. The molecule has 3 aliphatic rings. The van der Waals surface area contributed by atoms with E-state index in [0.717, 1.165) is 38.5 Å². The highest BCUT2D eigenvalue weighted by Gasteiger charge is 2.55. The Kier molecular flexibility index (Phi) is 6.24. The molecule has 0 aromatic rings. The van der Waals surface area contributed by atoms with Crippen LogP contribution in [0.4, 0.5) is 9.59 Å². The molecule has 8 heteroatoms. The number of hydrogen-bond acceptors (Lipinski definition) is 5. The van der Waals surface area contributed by atoms with E-state index in [4.69, 9.17) is 9.47 Å². The fourth-order valence-electron chi connectivity index (χ4n) is 4.74. The van der Waals surface area contributed by atoms with Crippen LogP contribution in [0.1, 0.15) is 80.1 Å². The van der Waals surface area contributed by atoms with Crippen LogP contribution in [0.5, 0.6) is 0 Å². The van der Waals surface area contributed by atoms with Crippen molar-refractivity contribution in [2.45, 2.75) is 96.8 Å². The molecule has 3 rings (SSSR count). The van der Waals surface area contributed by atoms with E-state index in [9.17, 15) is 14.4 Å². The SMILES string of the molecule is CC(C)(C)OC(=O)NC1(CNC(=O)[C@@]23CCCC[C@@H]2CN(C(=O)OC(C)(C)C)C3)CC1. The summed E-state index contributed by atoms with van der Waals surface area (Å²) in [6, 6.07) is 0. The molecule has 2 aliphatic carbocycles. The summed E-state index contributed by atoms with van der Waals surface area (Å²) >= 11 is 0. The molecule has 2 N–H and O–H groups in total. The monoisotopic (exact) mass is 437 g/mol. The number of amides is 3. The summed E-state index contributed by atoms with van der Waals surface area (Å²) in [6.45, 7) is 12.4. The number of likely N-dealkylation sites (tertiary alicyclic amines) is 1. The molecule has 8 nitrogen and oxygen atoms in total. The maximum Gasteiger partial charge on any atom is 0.410 e. The van der Waals surface area contributed by atoms with Crippen LogP contribution in [0, 0.1) is 11.3 Å². The van der Waals surface area contributed by atoms with E-state index in [0.29, 0.717) is 19.6 Å². The van der Waals surface area contributed by atoms with Gasteiger partial charge in [0, 0.05) is 19.6 Å². The fraction of sp³-hybridized carbons (Fsp3) is 0.870. The number of hydrogen-bond donors (Lipinski definition) is 2. The van der Waals surface area contributed by atoms with Crippen molar-refractivity contribution < 1.29 is 23.9 Å².